The first-order valence-electron chi connectivity index (χ1n) is 16.6. The van der Waals surface area contributed by atoms with Crippen molar-refractivity contribution in [1.29, 1.82) is 15.8 Å². The molecule has 0 bridgehead atoms. The summed E-state index contributed by atoms with van der Waals surface area (Å²) in [5.41, 5.74) is 12.2. The zero-order valence-corrected chi connectivity index (χ0v) is 26.9. The van der Waals surface area contributed by atoms with Gasteiger partial charge in [0.2, 0.25) is 0 Å². The molecule has 1 unspecified atom stereocenters. The third-order valence-corrected chi connectivity index (χ3v) is 9.93. The van der Waals surface area contributed by atoms with Crippen molar-refractivity contribution >= 4 is 38.8 Å². The minimum absolute atomic E-state index is 0.224. The summed E-state index contributed by atoms with van der Waals surface area (Å²) in [5, 5.41) is 33.4. The van der Waals surface area contributed by atoms with Crippen molar-refractivity contribution in [1.82, 2.24) is 9.13 Å². The maximum absolute atomic E-state index is 10.6. The Morgan fingerprint density at radius 1 is 0.540 bits per heavy atom. The van der Waals surface area contributed by atoms with Gasteiger partial charge in [-0.25, -0.2) is 0 Å². The van der Waals surface area contributed by atoms with Gasteiger partial charge < -0.3 is 9.13 Å². The number of hydrogen-bond donors (Lipinski definition) is 0. The molecular formula is C45H27N5. The molecule has 232 valence electrons. The van der Waals surface area contributed by atoms with Gasteiger partial charge in [0.15, 0.2) is 0 Å². The normalized spacial score (nSPS) is 13.6. The zero-order valence-electron chi connectivity index (χ0n) is 26.9. The summed E-state index contributed by atoms with van der Waals surface area (Å²) in [7, 11) is 0. The number of allylic oxidation sites excluding steroid dienone is 1. The smallest absolute Gasteiger partial charge is 0.0998 e. The van der Waals surface area contributed by atoms with Crippen molar-refractivity contribution in [3.63, 3.8) is 0 Å². The second-order valence-corrected chi connectivity index (χ2v) is 12.6. The van der Waals surface area contributed by atoms with Crippen LogP contribution in [0, 0.1) is 39.9 Å². The van der Waals surface area contributed by atoms with Gasteiger partial charge in [-0.15, -0.1) is 0 Å². The summed E-state index contributed by atoms with van der Waals surface area (Å²) in [6.45, 7) is 0. The molecule has 2 heterocycles. The van der Waals surface area contributed by atoms with E-state index in [1.54, 1.807) is 0 Å². The van der Waals surface area contributed by atoms with Crippen molar-refractivity contribution in [2.75, 3.05) is 0 Å². The van der Waals surface area contributed by atoms with Crippen LogP contribution in [0.1, 0.15) is 22.4 Å². The molecule has 0 amide bonds. The van der Waals surface area contributed by atoms with Crippen molar-refractivity contribution in [3.05, 3.63) is 162 Å². The molecule has 0 spiro atoms. The van der Waals surface area contributed by atoms with E-state index >= 15 is 0 Å². The van der Waals surface area contributed by atoms with Gasteiger partial charge in [0.1, 0.15) is 0 Å². The van der Waals surface area contributed by atoms with Crippen molar-refractivity contribution in [2.45, 2.75) is 6.42 Å². The average Bonchev–Trinajstić information content (AvgIpc) is 3.69. The molecule has 5 heteroatoms. The topological polar surface area (TPSA) is 81.2 Å². The number of para-hydroxylation sites is 3. The van der Waals surface area contributed by atoms with E-state index in [4.69, 9.17) is 0 Å². The van der Waals surface area contributed by atoms with E-state index in [0.717, 1.165) is 66.8 Å². The van der Waals surface area contributed by atoms with E-state index in [2.05, 4.69) is 112 Å². The highest BCUT2D eigenvalue weighted by atomic mass is 15.0. The number of aromatic nitrogens is 2. The molecule has 9 rings (SSSR count). The number of nitriles is 3. The lowest BCUT2D eigenvalue weighted by Crippen LogP contribution is -2.07. The Bertz CT molecular complexity index is 2790. The minimum Gasteiger partial charge on any atom is -0.309 e. The van der Waals surface area contributed by atoms with E-state index < -0.39 is 0 Å². The lowest BCUT2D eigenvalue weighted by Gasteiger charge is -2.19. The maximum atomic E-state index is 10.6. The van der Waals surface area contributed by atoms with E-state index in [0.29, 0.717) is 17.5 Å². The number of benzene rings is 6. The standard InChI is InChI=1S/C45H27N5/c46-26-29-17-21-44-39(23-29)40-24-30(27-47)18-22-45(40)50(44)43-16-8-3-11-36(43)35-10-2-1-9-34(35)33-20-19-32(25-31(33)28-48)49-41-14-6-4-12-37(41)38-13-5-7-15-42(38)49/h1-23,25,30H,24H2. The molecule has 5 nitrogen and oxygen atoms in total. The monoisotopic (exact) mass is 637 g/mol. The molecule has 1 atom stereocenters. The molecule has 1 aliphatic rings. The predicted octanol–water partition coefficient (Wildman–Crippen LogP) is 10.5. The molecule has 0 fully saturated rings. The Morgan fingerprint density at radius 3 is 1.88 bits per heavy atom. The molecule has 6 aromatic carbocycles. The van der Waals surface area contributed by atoms with E-state index in [-0.39, 0.29) is 5.92 Å². The first-order valence-corrected chi connectivity index (χ1v) is 16.6. The average molecular weight is 638 g/mol. The van der Waals surface area contributed by atoms with Gasteiger partial charge in [0, 0.05) is 38.7 Å². The van der Waals surface area contributed by atoms with E-state index in [9.17, 15) is 15.8 Å². The third-order valence-electron chi connectivity index (χ3n) is 9.93. The van der Waals surface area contributed by atoms with Crippen LogP contribution in [0.2, 0.25) is 0 Å². The lowest BCUT2D eigenvalue weighted by atomic mass is 9.90. The van der Waals surface area contributed by atoms with Crippen molar-refractivity contribution in [2.24, 2.45) is 5.92 Å². The minimum atomic E-state index is -0.224. The summed E-state index contributed by atoms with van der Waals surface area (Å²) in [6.07, 6.45) is 4.60. The Morgan fingerprint density at radius 2 is 1.18 bits per heavy atom. The Labute approximate surface area is 289 Å². The molecule has 0 aliphatic heterocycles. The fraction of sp³-hybridized carbons (Fsp3) is 0.0444. The molecule has 0 saturated heterocycles. The van der Waals surface area contributed by atoms with Crippen LogP contribution in [-0.4, -0.2) is 9.13 Å². The summed E-state index contributed by atoms with van der Waals surface area (Å²) in [6, 6.07) is 52.5. The van der Waals surface area contributed by atoms with Crippen molar-refractivity contribution in [3.8, 4) is 51.8 Å². The van der Waals surface area contributed by atoms with E-state index in [1.807, 2.05) is 60.7 Å². The second kappa shape index (κ2) is 11.5. The van der Waals surface area contributed by atoms with Gasteiger partial charge in [0.05, 0.1) is 57.5 Å². The van der Waals surface area contributed by atoms with Crippen LogP contribution in [-0.2, 0) is 6.42 Å². The molecule has 0 radical (unpaired) electrons. The molecule has 8 aromatic rings. The summed E-state index contributed by atoms with van der Waals surface area (Å²) < 4.78 is 4.48. The zero-order chi connectivity index (χ0) is 33.8. The summed E-state index contributed by atoms with van der Waals surface area (Å²) in [4.78, 5) is 0. The predicted molar refractivity (Wildman–Crippen MR) is 200 cm³/mol. The van der Waals surface area contributed by atoms with Gasteiger partial charge in [-0.2, -0.15) is 15.8 Å². The van der Waals surface area contributed by atoms with Crippen LogP contribution in [0.5, 0.6) is 0 Å². The van der Waals surface area contributed by atoms with Crippen LogP contribution >= 0.6 is 0 Å². The van der Waals surface area contributed by atoms with Crippen LogP contribution in [0.15, 0.2) is 140 Å². The molecule has 0 saturated carbocycles. The third kappa shape index (κ3) is 4.37. The van der Waals surface area contributed by atoms with Gasteiger partial charge >= 0.3 is 0 Å². The second-order valence-electron chi connectivity index (χ2n) is 12.6. The highest BCUT2D eigenvalue weighted by Crippen LogP contribution is 2.42. The first-order chi connectivity index (χ1) is 24.7. The maximum Gasteiger partial charge on any atom is 0.0998 e. The summed E-state index contributed by atoms with van der Waals surface area (Å²) >= 11 is 0. The quantitative estimate of drug-likeness (QED) is 0.193. The van der Waals surface area contributed by atoms with Crippen LogP contribution in [0.4, 0.5) is 0 Å². The van der Waals surface area contributed by atoms with Crippen LogP contribution in [0.3, 0.4) is 0 Å². The molecule has 50 heavy (non-hydrogen) atoms. The number of nitrogens with zero attached hydrogens (tertiary/aromatic N) is 5. The first kappa shape index (κ1) is 29.0. The van der Waals surface area contributed by atoms with Gasteiger partial charge in [-0.05, 0) is 77.7 Å². The fourth-order valence-corrected chi connectivity index (χ4v) is 7.73. The molecule has 2 aromatic heterocycles. The number of fused-ring (bicyclic) bond motifs is 6. The number of rotatable bonds is 4. The highest BCUT2D eigenvalue weighted by Gasteiger charge is 2.25. The molecule has 1 aliphatic carbocycles. The van der Waals surface area contributed by atoms with Gasteiger partial charge in [-0.3, -0.25) is 0 Å². The highest BCUT2D eigenvalue weighted by molar-refractivity contribution is 6.09. The Hall–Kier alpha value is -7.13. The largest absolute Gasteiger partial charge is 0.309 e. The fourth-order valence-electron chi connectivity index (χ4n) is 7.73. The Balaban J connectivity index is 1.24. The summed E-state index contributed by atoms with van der Waals surface area (Å²) in [5.74, 6) is -0.224. The molecular weight excluding hydrogens is 611 g/mol. The molecule has 0 N–H and O–H groups in total. The Kier molecular flexibility index (Phi) is 6.70. The van der Waals surface area contributed by atoms with Gasteiger partial charge in [-0.1, -0.05) is 91.0 Å². The van der Waals surface area contributed by atoms with Gasteiger partial charge in [0.25, 0.3) is 0 Å². The van der Waals surface area contributed by atoms with Crippen molar-refractivity contribution < 1.29 is 0 Å². The van der Waals surface area contributed by atoms with E-state index in [1.165, 1.54) is 10.8 Å². The lowest BCUT2D eigenvalue weighted by molar-refractivity contribution is 0.809. The number of hydrogen-bond acceptors (Lipinski definition) is 3. The van der Waals surface area contributed by atoms with Crippen LogP contribution < -0.4 is 0 Å². The SMILES string of the molecule is N#Cc1ccc2c(c1)c1c(n2-c2ccccc2-c2ccccc2-c2ccc(-n3c4ccccc4c4ccccc43)cc2C#N)C=CC(C#N)C1. The van der Waals surface area contributed by atoms with Crippen LogP contribution in [0.25, 0.3) is 72.4 Å².